The molecule has 0 amide bonds. The molecule has 74 valence electrons. The van der Waals surface area contributed by atoms with E-state index in [2.05, 4.69) is 0 Å². The van der Waals surface area contributed by atoms with Gasteiger partial charge in [-0.25, -0.2) is 0 Å². The third kappa shape index (κ3) is 4.04. The number of thioether (sulfide) groups is 2. The summed E-state index contributed by atoms with van der Waals surface area (Å²) in [6.07, 6.45) is 2.36. The van der Waals surface area contributed by atoms with Crippen LogP contribution in [0.4, 0.5) is 0 Å². The number of rotatable bonds is 3. The summed E-state index contributed by atoms with van der Waals surface area (Å²) in [5.41, 5.74) is 5.24. The van der Waals surface area contributed by atoms with Gasteiger partial charge in [0, 0.05) is 11.0 Å². The Balaban J connectivity index is 2.05. The van der Waals surface area contributed by atoms with Gasteiger partial charge in [0.2, 0.25) is 0 Å². The van der Waals surface area contributed by atoms with Crippen LogP contribution in [-0.4, -0.2) is 21.2 Å². The molecule has 5 heteroatoms. The minimum absolute atomic E-state index is 0.222. The summed E-state index contributed by atoms with van der Waals surface area (Å²) < 4.78 is 0. The molecule has 0 aromatic heterocycles. The fourth-order valence-corrected chi connectivity index (χ4v) is 3.29. The zero-order valence-corrected chi connectivity index (χ0v) is 9.30. The number of amidine groups is 1. The second kappa shape index (κ2) is 4.91. The Hall–Kier alpha value is -0.160. The predicted octanol–water partition coefficient (Wildman–Crippen LogP) is 2.12. The van der Waals surface area contributed by atoms with E-state index in [9.17, 15) is 0 Å². The van der Waals surface area contributed by atoms with Crippen molar-refractivity contribution < 1.29 is 0 Å². The summed E-state index contributed by atoms with van der Waals surface area (Å²) in [7, 11) is 0. The predicted molar refractivity (Wildman–Crippen MR) is 61.9 cm³/mol. The monoisotopic (exact) mass is 217 g/mol. The zero-order valence-electron chi connectivity index (χ0n) is 7.67. The molecular formula is C8H15N3S2. The fraction of sp³-hybridized carbons (Fsp3) is 0.750. The maximum absolute atomic E-state index is 7.30. The van der Waals surface area contributed by atoms with Gasteiger partial charge < -0.3 is 5.73 Å². The van der Waals surface area contributed by atoms with Crippen LogP contribution in [0.2, 0.25) is 0 Å². The van der Waals surface area contributed by atoms with Crippen molar-refractivity contribution in [2.24, 2.45) is 11.7 Å². The lowest BCUT2D eigenvalue weighted by Gasteiger charge is -2.34. The second-order valence-corrected chi connectivity index (χ2v) is 5.89. The SMILES string of the molecule is CC(=N)S[C@H]1C[C@@H](CSC(=N)N)C1. The molecule has 0 saturated heterocycles. The Morgan fingerprint density at radius 1 is 1.46 bits per heavy atom. The summed E-state index contributed by atoms with van der Waals surface area (Å²) in [6, 6.07) is 0. The first-order valence-electron chi connectivity index (χ1n) is 4.26. The van der Waals surface area contributed by atoms with Gasteiger partial charge in [0.05, 0.1) is 5.04 Å². The van der Waals surface area contributed by atoms with E-state index in [1.54, 1.807) is 11.8 Å². The van der Waals surface area contributed by atoms with Gasteiger partial charge in [-0.2, -0.15) is 0 Å². The molecule has 0 aliphatic heterocycles. The van der Waals surface area contributed by atoms with Crippen molar-refractivity contribution in [3.8, 4) is 0 Å². The van der Waals surface area contributed by atoms with E-state index in [0.717, 1.165) is 5.75 Å². The molecule has 0 aromatic carbocycles. The van der Waals surface area contributed by atoms with Gasteiger partial charge in [0.1, 0.15) is 0 Å². The van der Waals surface area contributed by atoms with Crippen molar-refractivity contribution >= 4 is 33.7 Å². The van der Waals surface area contributed by atoms with Crippen LogP contribution >= 0.6 is 23.5 Å². The summed E-state index contributed by atoms with van der Waals surface area (Å²) in [5.74, 6) is 1.69. The molecule has 0 heterocycles. The highest BCUT2D eigenvalue weighted by atomic mass is 32.2. The topological polar surface area (TPSA) is 73.7 Å². The molecule has 0 spiro atoms. The molecule has 3 nitrogen and oxygen atoms in total. The van der Waals surface area contributed by atoms with E-state index < -0.39 is 0 Å². The summed E-state index contributed by atoms with van der Waals surface area (Å²) in [6.45, 7) is 1.84. The third-order valence-corrected chi connectivity index (χ3v) is 4.03. The number of nitrogens with one attached hydrogen (secondary N) is 2. The number of hydrogen-bond donors (Lipinski definition) is 3. The molecular weight excluding hydrogens is 202 g/mol. The first-order chi connectivity index (χ1) is 6.08. The van der Waals surface area contributed by atoms with Crippen LogP contribution in [0.25, 0.3) is 0 Å². The highest BCUT2D eigenvalue weighted by Gasteiger charge is 2.29. The van der Waals surface area contributed by atoms with E-state index in [1.165, 1.54) is 24.6 Å². The molecule has 1 aliphatic carbocycles. The lowest BCUT2D eigenvalue weighted by atomic mass is 9.86. The van der Waals surface area contributed by atoms with Crippen LogP contribution < -0.4 is 5.73 Å². The van der Waals surface area contributed by atoms with Crippen molar-refractivity contribution in [1.82, 2.24) is 0 Å². The summed E-state index contributed by atoms with van der Waals surface area (Å²) >= 11 is 3.10. The highest BCUT2D eigenvalue weighted by Crippen LogP contribution is 2.38. The van der Waals surface area contributed by atoms with Crippen molar-refractivity contribution in [2.45, 2.75) is 25.0 Å². The van der Waals surface area contributed by atoms with Gasteiger partial charge in [-0.1, -0.05) is 11.8 Å². The highest BCUT2D eigenvalue weighted by molar-refractivity contribution is 8.14. The maximum atomic E-state index is 7.30. The Labute approximate surface area is 87.2 Å². The summed E-state index contributed by atoms with van der Waals surface area (Å²) in [5, 5.41) is 15.9. The Morgan fingerprint density at radius 2 is 2.08 bits per heavy atom. The molecule has 0 radical (unpaired) electrons. The van der Waals surface area contributed by atoms with Gasteiger partial charge in [-0.3, -0.25) is 10.8 Å². The lowest BCUT2D eigenvalue weighted by Crippen LogP contribution is -2.29. The Bertz CT molecular complexity index is 211. The van der Waals surface area contributed by atoms with E-state index >= 15 is 0 Å². The minimum Gasteiger partial charge on any atom is -0.379 e. The van der Waals surface area contributed by atoms with Crippen molar-refractivity contribution in [3.63, 3.8) is 0 Å². The van der Waals surface area contributed by atoms with Crippen LogP contribution in [0.15, 0.2) is 0 Å². The first kappa shape index (κ1) is 10.9. The molecule has 4 N–H and O–H groups in total. The van der Waals surface area contributed by atoms with Crippen molar-refractivity contribution in [1.29, 1.82) is 10.8 Å². The van der Waals surface area contributed by atoms with E-state index in [0.29, 0.717) is 16.2 Å². The average molecular weight is 217 g/mol. The molecule has 0 atom stereocenters. The van der Waals surface area contributed by atoms with Crippen LogP contribution in [-0.2, 0) is 0 Å². The molecule has 1 rings (SSSR count). The van der Waals surface area contributed by atoms with Crippen LogP contribution in [0, 0.1) is 16.7 Å². The maximum Gasteiger partial charge on any atom is 0.151 e. The standard InChI is InChI=1S/C8H15N3S2/c1-5(9)13-7-2-6(3-7)4-12-8(10)11/h6-7,9H,2-4H2,1H3,(H3,10,11)/t6-,7+. The van der Waals surface area contributed by atoms with E-state index in [1.807, 2.05) is 6.92 Å². The quantitative estimate of drug-likeness (QED) is 0.501. The van der Waals surface area contributed by atoms with Gasteiger partial charge in [0.15, 0.2) is 5.17 Å². The normalized spacial score (nSPS) is 26.5. The van der Waals surface area contributed by atoms with Crippen LogP contribution in [0.3, 0.4) is 0 Å². The second-order valence-electron chi connectivity index (χ2n) is 3.31. The molecule has 13 heavy (non-hydrogen) atoms. The van der Waals surface area contributed by atoms with Crippen LogP contribution in [0.1, 0.15) is 19.8 Å². The molecule has 1 saturated carbocycles. The van der Waals surface area contributed by atoms with Gasteiger partial charge in [0.25, 0.3) is 0 Å². The molecule has 0 bridgehead atoms. The minimum atomic E-state index is 0.222. The lowest BCUT2D eigenvalue weighted by molar-refractivity contribution is 0.369. The van der Waals surface area contributed by atoms with E-state index in [4.69, 9.17) is 16.6 Å². The summed E-state index contributed by atoms with van der Waals surface area (Å²) in [4.78, 5) is 0. The first-order valence-corrected chi connectivity index (χ1v) is 6.13. The molecule has 1 aliphatic rings. The van der Waals surface area contributed by atoms with Gasteiger partial charge in [-0.05, 0) is 25.7 Å². The number of nitrogens with two attached hydrogens (primary N) is 1. The Kier molecular flexibility index (Phi) is 4.12. The van der Waals surface area contributed by atoms with Gasteiger partial charge >= 0.3 is 0 Å². The average Bonchev–Trinajstić information content (AvgIpc) is 1.92. The number of hydrogen-bond acceptors (Lipinski definition) is 4. The Morgan fingerprint density at radius 3 is 2.54 bits per heavy atom. The smallest absolute Gasteiger partial charge is 0.151 e. The molecule has 0 unspecified atom stereocenters. The van der Waals surface area contributed by atoms with E-state index in [-0.39, 0.29) is 5.17 Å². The largest absolute Gasteiger partial charge is 0.379 e. The van der Waals surface area contributed by atoms with Crippen molar-refractivity contribution in [3.05, 3.63) is 0 Å². The van der Waals surface area contributed by atoms with Crippen molar-refractivity contribution in [2.75, 3.05) is 5.75 Å². The zero-order chi connectivity index (χ0) is 9.84. The van der Waals surface area contributed by atoms with Crippen LogP contribution in [0.5, 0.6) is 0 Å². The third-order valence-electron chi connectivity index (χ3n) is 2.01. The molecule has 0 aromatic rings. The van der Waals surface area contributed by atoms with Gasteiger partial charge in [-0.15, -0.1) is 11.8 Å². The fourth-order valence-electron chi connectivity index (χ4n) is 1.36. The molecule has 1 fully saturated rings.